The number of hydrogen-bond acceptors (Lipinski definition) is 2. The van der Waals surface area contributed by atoms with E-state index in [1.807, 2.05) is 0 Å². The average molecular weight is 197 g/mol. The van der Waals surface area contributed by atoms with Gasteiger partial charge in [0.1, 0.15) is 0 Å². The van der Waals surface area contributed by atoms with Crippen LogP contribution in [0.5, 0.6) is 0 Å². The first kappa shape index (κ1) is 10.7. The Balaban J connectivity index is 2.29. The molecule has 0 saturated heterocycles. The summed E-state index contributed by atoms with van der Waals surface area (Å²) < 4.78 is 0. The van der Waals surface area contributed by atoms with Gasteiger partial charge in [0.2, 0.25) is 0 Å². The highest BCUT2D eigenvalue weighted by atomic mass is 32.1. The molecule has 13 heavy (non-hydrogen) atoms. The number of nitrogens with one attached hydrogen (secondary N) is 1. The van der Waals surface area contributed by atoms with Gasteiger partial charge in [0, 0.05) is 12.1 Å². The highest BCUT2D eigenvalue weighted by Gasteiger charge is 2.06. The number of thiophene rings is 1. The van der Waals surface area contributed by atoms with Gasteiger partial charge in [0.05, 0.1) is 0 Å². The largest absolute Gasteiger partial charge is 0.311 e. The monoisotopic (exact) mass is 197 g/mol. The maximum atomic E-state index is 3.57. The second-order valence-electron chi connectivity index (χ2n) is 3.71. The van der Waals surface area contributed by atoms with Crippen molar-refractivity contribution in [3.05, 3.63) is 22.4 Å². The molecule has 0 aliphatic rings. The maximum absolute atomic E-state index is 3.57. The van der Waals surface area contributed by atoms with E-state index in [0.717, 1.165) is 6.42 Å². The molecule has 2 heteroatoms. The van der Waals surface area contributed by atoms with Crippen molar-refractivity contribution in [3.8, 4) is 0 Å². The summed E-state index contributed by atoms with van der Waals surface area (Å²) in [5.74, 6) is 0. The number of rotatable bonds is 5. The van der Waals surface area contributed by atoms with Crippen LogP contribution in [-0.2, 0) is 6.42 Å². The van der Waals surface area contributed by atoms with E-state index in [1.54, 1.807) is 11.3 Å². The first-order valence-corrected chi connectivity index (χ1v) is 5.93. The molecule has 1 nitrogen and oxygen atoms in total. The standard InChI is InChI=1S/C11H19NS/c1-4-9(2)12-10(3)7-11-5-6-13-8-11/h5-6,8-10,12H,4,7H2,1-3H3. The van der Waals surface area contributed by atoms with Gasteiger partial charge >= 0.3 is 0 Å². The molecule has 1 aromatic rings. The van der Waals surface area contributed by atoms with Crippen LogP contribution in [0.3, 0.4) is 0 Å². The summed E-state index contributed by atoms with van der Waals surface area (Å²) in [6.07, 6.45) is 2.35. The Hall–Kier alpha value is -0.340. The Labute approximate surface area is 85.2 Å². The van der Waals surface area contributed by atoms with Gasteiger partial charge in [0.15, 0.2) is 0 Å². The summed E-state index contributed by atoms with van der Waals surface area (Å²) in [5, 5.41) is 7.95. The van der Waals surface area contributed by atoms with Gasteiger partial charge in [-0.3, -0.25) is 0 Å². The van der Waals surface area contributed by atoms with E-state index in [0.29, 0.717) is 12.1 Å². The van der Waals surface area contributed by atoms with Crippen LogP contribution in [-0.4, -0.2) is 12.1 Å². The molecule has 1 heterocycles. The Morgan fingerprint density at radius 3 is 2.69 bits per heavy atom. The van der Waals surface area contributed by atoms with Crippen molar-refractivity contribution < 1.29 is 0 Å². The van der Waals surface area contributed by atoms with Gasteiger partial charge in [-0.05, 0) is 49.1 Å². The third-order valence-electron chi connectivity index (χ3n) is 2.30. The first-order valence-electron chi connectivity index (χ1n) is 4.99. The first-order chi connectivity index (χ1) is 6.22. The van der Waals surface area contributed by atoms with Crippen LogP contribution < -0.4 is 5.32 Å². The zero-order valence-corrected chi connectivity index (χ0v) is 9.53. The van der Waals surface area contributed by atoms with E-state index in [9.17, 15) is 0 Å². The summed E-state index contributed by atoms with van der Waals surface area (Å²) >= 11 is 1.78. The van der Waals surface area contributed by atoms with Crippen LogP contribution in [0, 0.1) is 0 Å². The van der Waals surface area contributed by atoms with Crippen molar-refractivity contribution >= 4 is 11.3 Å². The van der Waals surface area contributed by atoms with Crippen LogP contribution in [0.15, 0.2) is 16.8 Å². The molecule has 0 fully saturated rings. The second-order valence-corrected chi connectivity index (χ2v) is 4.49. The van der Waals surface area contributed by atoms with Gasteiger partial charge in [-0.15, -0.1) is 0 Å². The smallest absolute Gasteiger partial charge is 0.00819 e. The molecular weight excluding hydrogens is 178 g/mol. The maximum Gasteiger partial charge on any atom is 0.00819 e. The quantitative estimate of drug-likeness (QED) is 0.765. The van der Waals surface area contributed by atoms with Crippen molar-refractivity contribution in [1.82, 2.24) is 5.32 Å². The molecule has 0 aromatic carbocycles. The van der Waals surface area contributed by atoms with E-state index in [2.05, 4.69) is 42.9 Å². The van der Waals surface area contributed by atoms with Gasteiger partial charge < -0.3 is 5.32 Å². The lowest BCUT2D eigenvalue weighted by atomic mass is 10.1. The zero-order chi connectivity index (χ0) is 9.68. The molecule has 1 aromatic heterocycles. The second kappa shape index (κ2) is 5.40. The molecule has 0 saturated carbocycles. The Morgan fingerprint density at radius 1 is 1.38 bits per heavy atom. The number of hydrogen-bond donors (Lipinski definition) is 1. The fourth-order valence-corrected chi connectivity index (χ4v) is 2.11. The van der Waals surface area contributed by atoms with E-state index in [1.165, 1.54) is 12.0 Å². The fraction of sp³-hybridized carbons (Fsp3) is 0.636. The molecular formula is C11H19NS. The lowest BCUT2D eigenvalue weighted by Crippen LogP contribution is -2.35. The predicted molar refractivity (Wildman–Crippen MR) is 60.4 cm³/mol. The summed E-state index contributed by atoms with van der Waals surface area (Å²) in [6, 6.07) is 3.43. The Bertz CT molecular complexity index is 218. The Morgan fingerprint density at radius 2 is 2.15 bits per heavy atom. The molecule has 0 bridgehead atoms. The third-order valence-corrected chi connectivity index (χ3v) is 3.04. The molecule has 0 aliphatic carbocycles. The molecule has 0 amide bonds. The van der Waals surface area contributed by atoms with Gasteiger partial charge in [-0.2, -0.15) is 11.3 Å². The SMILES string of the molecule is CCC(C)NC(C)Cc1ccsc1. The average Bonchev–Trinajstić information content (AvgIpc) is 2.56. The topological polar surface area (TPSA) is 12.0 Å². The summed E-state index contributed by atoms with van der Waals surface area (Å²) in [5.41, 5.74) is 1.45. The summed E-state index contributed by atoms with van der Waals surface area (Å²) in [4.78, 5) is 0. The molecule has 1 N–H and O–H groups in total. The lowest BCUT2D eigenvalue weighted by Gasteiger charge is -2.18. The van der Waals surface area contributed by atoms with E-state index in [4.69, 9.17) is 0 Å². The minimum Gasteiger partial charge on any atom is -0.311 e. The predicted octanol–water partition coefficient (Wildman–Crippen LogP) is 3.07. The minimum absolute atomic E-state index is 0.588. The molecule has 1 rings (SSSR count). The fourth-order valence-electron chi connectivity index (χ4n) is 1.42. The molecule has 0 aliphatic heterocycles. The van der Waals surface area contributed by atoms with Crippen molar-refractivity contribution in [2.45, 2.75) is 45.7 Å². The van der Waals surface area contributed by atoms with Gasteiger partial charge in [-0.1, -0.05) is 6.92 Å². The highest BCUT2D eigenvalue weighted by molar-refractivity contribution is 7.07. The van der Waals surface area contributed by atoms with Crippen LogP contribution in [0.4, 0.5) is 0 Å². The molecule has 0 spiro atoms. The summed E-state index contributed by atoms with van der Waals surface area (Å²) in [7, 11) is 0. The van der Waals surface area contributed by atoms with Crippen molar-refractivity contribution in [2.75, 3.05) is 0 Å². The highest BCUT2D eigenvalue weighted by Crippen LogP contribution is 2.08. The molecule has 0 radical (unpaired) electrons. The van der Waals surface area contributed by atoms with E-state index >= 15 is 0 Å². The summed E-state index contributed by atoms with van der Waals surface area (Å²) in [6.45, 7) is 6.71. The van der Waals surface area contributed by atoms with Crippen LogP contribution >= 0.6 is 11.3 Å². The zero-order valence-electron chi connectivity index (χ0n) is 8.71. The molecule has 2 atom stereocenters. The van der Waals surface area contributed by atoms with Crippen LogP contribution in [0.2, 0.25) is 0 Å². The van der Waals surface area contributed by atoms with Crippen LogP contribution in [0.1, 0.15) is 32.8 Å². The van der Waals surface area contributed by atoms with E-state index < -0.39 is 0 Å². The third kappa shape index (κ3) is 3.92. The van der Waals surface area contributed by atoms with Gasteiger partial charge in [-0.25, -0.2) is 0 Å². The molecule has 2 unspecified atom stereocenters. The minimum atomic E-state index is 0.588. The van der Waals surface area contributed by atoms with Crippen molar-refractivity contribution in [2.24, 2.45) is 0 Å². The molecule has 74 valence electrons. The van der Waals surface area contributed by atoms with Crippen LogP contribution in [0.25, 0.3) is 0 Å². The van der Waals surface area contributed by atoms with Gasteiger partial charge in [0.25, 0.3) is 0 Å². The van der Waals surface area contributed by atoms with E-state index in [-0.39, 0.29) is 0 Å². The lowest BCUT2D eigenvalue weighted by molar-refractivity contribution is 0.456. The van der Waals surface area contributed by atoms with Crippen molar-refractivity contribution in [3.63, 3.8) is 0 Å². The normalized spacial score (nSPS) is 15.6. The Kier molecular flexibility index (Phi) is 4.46. The van der Waals surface area contributed by atoms with Crippen molar-refractivity contribution in [1.29, 1.82) is 0 Å².